The van der Waals surface area contributed by atoms with E-state index in [0.717, 1.165) is 30.2 Å². The zero-order valence-corrected chi connectivity index (χ0v) is 24.3. The Hall–Kier alpha value is -3.22. The van der Waals surface area contributed by atoms with Crippen molar-refractivity contribution in [1.82, 2.24) is 14.9 Å². The number of amides is 1. The van der Waals surface area contributed by atoms with Crippen LogP contribution < -0.4 is 10.6 Å². The van der Waals surface area contributed by atoms with Crippen molar-refractivity contribution in [1.29, 1.82) is 0 Å². The van der Waals surface area contributed by atoms with Crippen LogP contribution in [-0.4, -0.2) is 66.7 Å². The fraction of sp³-hybridized carbons (Fsp3) is 0.387. The quantitative estimate of drug-likeness (QED) is 0.239. The summed E-state index contributed by atoms with van der Waals surface area (Å²) >= 11 is 0. The number of nitrogens with zero attached hydrogens (tertiary/aromatic N) is 1. The molecular formula is C31H37F2N3O5S. The highest BCUT2D eigenvalue weighted by Crippen LogP contribution is 2.26. The van der Waals surface area contributed by atoms with Crippen molar-refractivity contribution in [3.05, 3.63) is 101 Å². The molecule has 0 spiro atoms. The molecule has 42 heavy (non-hydrogen) atoms. The first-order chi connectivity index (χ1) is 20.1. The lowest BCUT2D eigenvalue weighted by Crippen LogP contribution is -2.48. The Balaban J connectivity index is 1.51. The van der Waals surface area contributed by atoms with Crippen LogP contribution in [0.2, 0.25) is 0 Å². The van der Waals surface area contributed by atoms with Gasteiger partial charge in [-0.05, 0) is 72.7 Å². The van der Waals surface area contributed by atoms with E-state index in [-0.39, 0.29) is 42.1 Å². The Morgan fingerprint density at radius 1 is 1.02 bits per heavy atom. The molecule has 3 aromatic carbocycles. The molecule has 1 amide bonds. The minimum Gasteiger partial charge on any atom is -0.395 e. The van der Waals surface area contributed by atoms with Crippen LogP contribution in [0, 0.1) is 11.6 Å². The fourth-order valence-corrected chi connectivity index (χ4v) is 6.96. The maximum atomic E-state index is 13.9. The summed E-state index contributed by atoms with van der Waals surface area (Å²) in [4.78, 5) is 13.2. The number of rotatable bonds is 13. The molecule has 0 bridgehead atoms. The van der Waals surface area contributed by atoms with Gasteiger partial charge in [0.25, 0.3) is 5.91 Å². The molecule has 1 fully saturated rings. The highest BCUT2D eigenvalue weighted by atomic mass is 32.2. The topological polar surface area (TPSA) is 119 Å². The van der Waals surface area contributed by atoms with Crippen molar-refractivity contribution in [2.45, 2.75) is 62.2 Å². The number of carbonyl (C=O) groups excluding carboxylic acids is 1. The Labute approximate surface area is 245 Å². The average molecular weight is 602 g/mol. The molecule has 0 aromatic heterocycles. The molecule has 0 saturated carbocycles. The average Bonchev–Trinajstić information content (AvgIpc) is 3.46. The van der Waals surface area contributed by atoms with Crippen LogP contribution >= 0.6 is 0 Å². The highest BCUT2D eigenvalue weighted by molar-refractivity contribution is 7.89. The Morgan fingerprint density at radius 2 is 1.74 bits per heavy atom. The van der Waals surface area contributed by atoms with Crippen molar-refractivity contribution in [3.63, 3.8) is 0 Å². The van der Waals surface area contributed by atoms with Crippen LogP contribution in [-0.2, 0) is 29.4 Å². The molecule has 1 heterocycles. The third kappa shape index (κ3) is 7.99. The van der Waals surface area contributed by atoms with Crippen LogP contribution in [0.25, 0.3) is 0 Å². The lowest BCUT2D eigenvalue weighted by Gasteiger charge is -2.25. The maximum Gasteiger partial charge on any atom is 0.251 e. The van der Waals surface area contributed by atoms with Crippen molar-refractivity contribution in [2.24, 2.45) is 0 Å². The monoisotopic (exact) mass is 601 g/mol. The van der Waals surface area contributed by atoms with E-state index in [9.17, 15) is 32.2 Å². The Kier molecular flexibility index (Phi) is 10.8. The van der Waals surface area contributed by atoms with E-state index in [4.69, 9.17) is 0 Å². The second-order valence-corrected chi connectivity index (χ2v) is 12.4. The molecule has 8 nitrogen and oxygen atoms in total. The number of halogens is 2. The number of carbonyl (C=O) groups is 1. The first kappa shape index (κ1) is 31.7. The molecule has 226 valence electrons. The smallest absolute Gasteiger partial charge is 0.251 e. The van der Waals surface area contributed by atoms with Crippen LogP contribution in [0.15, 0.2) is 71.6 Å². The van der Waals surface area contributed by atoms with E-state index in [0.29, 0.717) is 19.4 Å². The van der Waals surface area contributed by atoms with Gasteiger partial charge in [0, 0.05) is 37.3 Å². The third-order valence-corrected chi connectivity index (χ3v) is 9.43. The highest BCUT2D eigenvalue weighted by Gasteiger charge is 2.35. The number of aryl methyl sites for hydroxylation is 1. The number of hydrogen-bond donors (Lipinski definition) is 4. The standard InChI is InChI=1S/C31H37F2N3O5S/c1-2-21-6-3-7-22(12-21)18-34-19-30(38)29(15-23-13-25(32)17-26(33)14-23)35-31(39)24-8-4-10-28(16-24)42(40,41)36-11-5-9-27(36)20-37/h3-4,6-8,10,12-14,16-17,27,29-30,34,37-38H,2,5,9,11,15,18-20H2,1H3,(H,35,39). The minimum atomic E-state index is -3.95. The number of benzene rings is 3. The van der Waals surface area contributed by atoms with Gasteiger partial charge in [0.1, 0.15) is 11.6 Å². The van der Waals surface area contributed by atoms with Gasteiger partial charge < -0.3 is 20.8 Å². The zero-order chi connectivity index (χ0) is 30.3. The van der Waals surface area contributed by atoms with E-state index in [2.05, 4.69) is 23.6 Å². The first-order valence-corrected chi connectivity index (χ1v) is 15.5. The van der Waals surface area contributed by atoms with Crippen LogP contribution in [0.4, 0.5) is 8.78 Å². The van der Waals surface area contributed by atoms with E-state index in [1.54, 1.807) is 0 Å². The minimum absolute atomic E-state index is 0.0442. The summed E-state index contributed by atoms with van der Waals surface area (Å²) in [6.45, 7) is 2.58. The molecule has 0 radical (unpaired) electrons. The molecule has 3 aromatic rings. The van der Waals surface area contributed by atoms with Gasteiger partial charge in [0.15, 0.2) is 0 Å². The van der Waals surface area contributed by atoms with E-state index in [1.165, 1.54) is 34.1 Å². The second kappa shape index (κ2) is 14.3. The SMILES string of the molecule is CCc1cccc(CNCC(O)C(Cc2cc(F)cc(F)c2)NC(=O)c2cccc(S(=O)(=O)N3CCCC3CO)c2)c1. The summed E-state index contributed by atoms with van der Waals surface area (Å²) in [6, 6.07) is 15.1. The molecule has 3 unspecified atom stereocenters. The van der Waals surface area contributed by atoms with Gasteiger partial charge >= 0.3 is 0 Å². The van der Waals surface area contributed by atoms with E-state index >= 15 is 0 Å². The summed E-state index contributed by atoms with van der Waals surface area (Å²) in [7, 11) is -3.95. The molecule has 0 aliphatic carbocycles. The molecule has 4 N–H and O–H groups in total. The number of hydrogen-bond acceptors (Lipinski definition) is 6. The molecule has 3 atom stereocenters. The lowest BCUT2D eigenvalue weighted by atomic mass is 10.00. The first-order valence-electron chi connectivity index (χ1n) is 14.1. The predicted molar refractivity (Wildman–Crippen MR) is 155 cm³/mol. The van der Waals surface area contributed by atoms with Crippen molar-refractivity contribution >= 4 is 15.9 Å². The molecule has 11 heteroatoms. The van der Waals surface area contributed by atoms with E-state index in [1.807, 2.05) is 18.2 Å². The summed E-state index contributed by atoms with van der Waals surface area (Å²) in [5.74, 6) is -2.21. The number of aliphatic hydroxyl groups excluding tert-OH is 2. The predicted octanol–water partition coefficient (Wildman–Crippen LogP) is 3.16. The van der Waals surface area contributed by atoms with Crippen molar-refractivity contribution < 1.29 is 32.2 Å². The van der Waals surface area contributed by atoms with Crippen molar-refractivity contribution in [2.75, 3.05) is 19.7 Å². The van der Waals surface area contributed by atoms with Crippen molar-refractivity contribution in [3.8, 4) is 0 Å². The maximum absolute atomic E-state index is 13.9. The molecule has 4 rings (SSSR count). The number of sulfonamides is 1. The normalized spacial score (nSPS) is 17.2. The van der Waals surface area contributed by atoms with Crippen LogP contribution in [0.1, 0.15) is 46.8 Å². The van der Waals surface area contributed by atoms with Crippen LogP contribution in [0.5, 0.6) is 0 Å². The Morgan fingerprint density at radius 3 is 2.45 bits per heavy atom. The van der Waals surface area contributed by atoms with E-state index < -0.39 is 45.8 Å². The van der Waals surface area contributed by atoms with Gasteiger partial charge in [-0.2, -0.15) is 4.31 Å². The Bertz CT molecular complexity index is 1470. The lowest BCUT2D eigenvalue weighted by molar-refractivity contribution is 0.0829. The van der Waals surface area contributed by atoms with Gasteiger partial charge in [0.05, 0.1) is 23.6 Å². The molecule has 1 aliphatic rings. The summed E-state index contributed by atoms with van der Waals surface area (Å²) in [5.41, 5.74) is 2.48. The van der Waals surface area contributed by atoms with Gasteiger partial charge in [-0.25, -0.2) is 17.2 Å². The summed E-state index contributed by atoms with van der Waals surface area (Å²) in [5, 5.41) is 26.6. The summed E-state index contributed by atoms with van der Waals surface area (Å²) in [6.07, 6.45) is 0.851. The molecular weight excluding hydrogens is 564 g/mol. The van der Waals surface area contributed by atoms with Gasteiger partial charge in [-0.3, -0.25) is 4.79 Å². The van der Waals surface area contributed by atoms with Gasteiger partial charge in [-0.15, -0.1) is 0 Å². The third-order valence-electron chi connectivity index (χ3n) is 7.48. The number of nitrogens with one attached hydrogen (secondary N) is 2. The van der Waals surface area contributed by atoms with Gasteiger partial charge in [0.2, 0.25) is 10.0 Å². The summed E-state index contributed by atoms with van der Waals surface area (Å²) < 4.78 is 55.6. The molecule has 1 aliphatic heterocycles. The number of aliphatic hydroxyl groups is 2. The fourth-order valence-electron chi connectivity index (χ4n) is 5.23. The largest absolute Gasteiger partial charge is 0.395 e. The van der Waals surface area contributed by atoms with Gasteiger partial charge in [-0.1, -0.05) is 37.3 Å². The zero-order valence-electron chi connectivity index (χ0n) is 23.5. The second-order valence-electron chi connectivity index (χ2n) is 10.6. The van der Waals surface area contributed by atoms with Crippen LogP contribution in [0.3, 0.4) is 0 Å². The molecule has 1 saturated heterocycles.